The van der Waals surface area contributed by atoms with E-state index in [9.17, 15) is 9.59 Å². The predicted molar refractivity (Wildman–Crippen MR) is 92.4 cm³/mol. The second kappa shape index (κ2) is 8.67. The lowest BCUT2D eigenvalue weighted by Gasteiger charge is -2.08. The summed E-state index contributed by atoms with van der Waals surface area (Å²) in [7, 11) is 1.58. The van der Waals surface area contributed by atoms with E-state index >= 15 is 0 Å². The monoisotopic (exact) mass is 327 g/mol. The Morgan fingerprint density at radius 3 is 2.54 bits per heavy atom. The average Bonchev–Trinajstić information content (AvgIpc) is 2.62. The second-order valence-electron chi connectivity index (χ2n) is 5.22. The molecule has 0 bridgehead atoms. The highest BCUT2D eigenvalue weighted by molar-refractivity contribution is 6.05. The van der Waals surface area contributed by atoms with Gasteiger partial charge in [0.15, 0.2) is 0 Å². The number of aromatic nitrogens is 1. The zero-order valence-corrected chi connectivity index (χ0v) is 13.8. The van der Waals surface area contributed by atoms with Crippen molar-refractivity contribution in [1.29, 1.82) is 0 Å². The highest BCUT2D eigenvalue weighted by Crippen LogP contribution is 2.16. The molecule has 0 saturated heterocycles. The Labute approximate surface area is 141 Å². The van der Waals surface area contributed by atoms with Gasteiger partial charge in [-0.15, -0.1) is 0 Å². The van der Waals surface area contributed by atoms with Gasteiger partial charge < -0.3 is 15.4 Å². The molecule has 1 heterocycles. The Morgan fingerprint density at radius 2 is 1.88 bits per heavy atom. The van der Waals surface area contributed by atoms with E-state index in [4.69, 9.17) is 4.74 Å². The number of nitrogens with one attached hydrogen (secondary N) is 2. The molecule has 2 rings (SSSR count). The van der Waals surface area contributed by atoms with Crippen LogP contribution in [0.2, 0.25) is 0 Å². The summed E-state index contributed by atoms with van der Waals surface area (Å²) in [6, 6.07) is 10.1. The van der Waals surface area contributed by atoms with Gasteiger partial charge in [-0.25, -0.2) is 0 Å². The van der Waals surface area contributed by atoms with Crippen molar-refractivity contribution in [2.45, 2.75) is 19.8 Å². The molecule has 6 heteroatoms. The molecule has 0 aliphatic rings. The Balaban J connectivity index is 2.03. The van der Waals surface area contributed by atoms with Gasteiger partial charge in [0.05, 0.1) is 7.11 Å². The molecule has 2 N–H and O–H groups in total. The first-order valence-electron chi connectivity index (χ1n) is 7.83. The normalized spacial score (nSPS) is 10.1. The lowest BCUT2D eigenvalue weighted by Crippen LogP contribution is -2.25. The van der Waals surface area contributed by atoms with Crippen LogP contribution in [-0.4, -0.2) is 30.5 Å². The fourth-order valence-corrected chi connectivity index (χ4v) is 2.04. The van der Waals surface area contributed by atoms with E-state index in [-0.39, 0.29) is 17.5 Å². The third kappa shape index (κ3) is 4.81. The number of pyridine rings is 1. The van der Waals surface area contributed by atoms with Crippen LogP contribution in [0.3, 0.4) is 0 Å². The maximum atomic E-state index is 12.3. The van der Waals surface area contributed by atoms with E-state index in [1.807, 2.05) is 0 Å². The maximum Gasteiger partial charge on any atom is 0.269 e. The molecule has 24 heavy (non-hydrogen) atoms. The molecule has 6 nitrogen and oxygen atoms in total. The van der Waals surface area contributed by atoms with Crippen molar-refractivity contribution in [3.8, 4) is 5.75 Å². The van der Waals surface area contributed by atoms with Gasteiger partial charge in [0, 0.05) is 24.0 Å². The van der Waals surface area contributed by atoms with E-state index in [0.717, 1.165) is 12.8 Å². The molecule has 0 radical (unpaired) electrons. The van der Waals surface area contributed by atoms with Crippen LogP contribution in [0, 0.1) is 0 Å². The number of hydrogen-bond donors (Lipinski definition) is 2. The fraction of sp³-hybridized carbons (Fsp3) is 0.278. The number of carbonyl (C=O) groups excluding carboxylic acids is 2. The van der Waals surface area contributed by atoms with Crippen LogP contribution in [0.1, 0.15) is 40.6 Å². The van der Waals surface area contributed by atoms with Crippen LogP contribution in [0.15, 0.2) is 42.6 Å². The summed E-state index contributed by atoms with van der Waals surface area (Å²) in [4.78, 5) is 28.3. The summed E-state index contributed by atoms with van der Waals surface area (Å²) in [6.45, 7) is 2.65. The molecule has 2 amide bonds. The zero-order chi connectivity index (χ0) is 17.4. The zero-order valence-electron chi connectivity index (χ0n) is 13.8. The van der Waals surface area contributed by atoms with Crippen LogP contribution < -0.4 is 15.4 Å². The molecule has 0 aliphatic carbocycles. The SMILES string of the molecule is CCCCNC(=O)c1cc(C(=O)Nc2ccc(OC)cc2)ccn1. The smallest absolute Gasteiger partial charge is 0.269 e. The predicted octanol–water partition coefficient (Wildman–Crippen LogP) is 2.87. The van der Waals surface area contributed by atoms with Crippen molar-refractivity contribution in [2.75, 3.05) is 19.0 Å². The van der Waals surface area contributed by atoms with Crippen molar-refractivity contribution in [3.05, 3.63) is 53.9 Å². The highest BCUT2D eigenvalue weighted by Gasteiger charge is 2.11. The van der Waals surface area contributed by atoms with Gasteiger partial charge in [-0.1, -0.05) is 13.3 Å². The van der Waals surface area contributed by atoms with Gasteiger partial charge in [-0.3, -0.25) is 14.6 Å². The molecule has 0 saturated carbocycles. The molecule has 0 aliphatic heterocycles. The van der Waals surface area contributed by atoms with E-state index < -0.39 is 0 Å². The number of ether oxygens (including phenoxy) is 1. The minimum atomic E-state index is -0.301. The molecule has 0 atom stereocenters. The van der Waals surface area contributed by atoms with Crippen LogP contribution >= 0.6 is 0 Å². The molecule has 0 spiro atoms. The van der Waals surface area contributed by atoms with Gasteiger partial charge in [0.1, 0.15) is 11.4 Å². The summed E-state index contributed by atoms with van der Waals surface area (Å²) >= 11 is 0. The summed E-state index contributed by atoms with van der Waals surface area (Å²) in [6.07, 6.45) is 3.36. The molecular weight excluding hydrogens is 306 g/mol. The van der Waals surface area contributed by atoms with E-state index in [2.05, 4.69) is 22.5 Å². The van der Waals surface area contributed by atoms with Crippen LogP contribution in [0.5, 0.6) is 5.75 Å². The molecule has 0 unspecified atom stereocenters. The van der Waals surface area contributed by atoms with Crippen molar-refractivity contribution in [2.24, 2.45) is 0 Å². The number of carbonyl (C=O) groups is 2. The van der Waals surface area contributed by atoms with E-state index in [0.29, 0.717) is 23.5 Å². The maximum absolute atomic E-state index is 12.3. The number of amides is 2. The molecule has 1 aromatic heterocycles. The van der Waals surface area contributed by atoms with Gasteiger partial charge in [-0.05, 0) is 42.8 Å². The summed E-state index contributed by atoms with van der Waals surface area (Å²) in [5.74, 6) is 0.135. The lowest BCUT2D eigenvalue weighted by atomic mass is 10.2. The topological polar surface area (TPSA) is 80.3 Å². The van der Waals surface area contributed by atoms with E-state index in [1.54, 1.807) is 37.4 Å². The van der Waals surface area contributed by atoms with Crippen molar-refractivity contribution < 1.29 is 14.3 Å². The molecule has 0 fully saturated rings. The molecule has 2 aromatic rings. The van der Waals surface area contributed by atoms with E-state index in [1.165, 1.54) is 12.3 Å². The first-order chi connectivity index (χ1) is 11.6. The summed E-state index contributed by atoms with van der Waals surface area (Å²) in [5, 5.41) is 5.56. The van der Waals surface area contributed by atoms with Crippen LogP contribution in [0.25, 0.3) is 0 Å². The third-order valence-electron chi connectivity index (χ3n) is 3.42. The minimum Gasteiger partial charge on any atom is -0.497 e. The Morgan fingerprint density at radius 1 is 1.12 bits per heavy atom. The third-order valence-corrected chi connectivity index (χ3v) is 3.42. The number of methoxy groups -OCH3 is 1. The van der Waals surface area contributed by atoms with Crippen LogP contribution in [0.4, 0.5) is 5.69 Å². The second-order valence-corrected chi connectivity index (χ2v) is 5.22. The first-order valence-corrected chi connectivity index (χ1v) is 7.83. The average molecular weight is 327 g/mol. The number of hydrogen-bond acceptors (Lipinski definition) is 4. The molecule has 1 aromatic carbocycles. The fourth-order valence-electron chi connectivity index (χ4n) is 2.04. The standard InChI is InChI=1S/C18H21N3O3/c1-3-4-10-20-18(23)16-12-13(9-11-19-16)17(22)21-14-5-7-15(24-2)8-6-14/h5-9,11-12H,3-4,10H2,1-2H3,(H,20,23)(H,21,22). The number of nitrogens with zero attached hydrogens (tertiary/aromatic N) is 1. The summed E-state index contributed by atoms with van der Waals surface area (Å²) in [5.41, 5.74) is 1.25. The van der Waals surface area contributed by atoms with Gasteiger partial charge >= 0.3 is 0 Å². The quantitative estimate of drug-likeness (QED) is 0.766. The highest BCUT2D eigenvalue weighted by atomic mass is 16.5. The van der Waals surface area contributed by atoms with Crippen molar-refractivity contribution in [1.82, 2.24) is 10.3 Å². The number of rotatable bonds is 7. The van der Waals surface area contributed by atoms with Gasteiger partial charge in [-0.2, -0.15) is 0 Å². The van der Waals surface area contributed by atoms with Gasteiger partial charge in [0.2, 0.25) is 0 Å². The summed E-state index contributed by atoms with van der Waals surface area (Å²) < 4.78 is 5.08. The molecular formula is C18H21N3O3. The number of unbranched alkanes of at least 4 members (excludes halogenated alkanes) is 1. The first kappa shape index (κ1) is 17.5. The largest absolute Gasteiger partial charge is 0.497 e. The van der Waals surface area contributed by atoms with Gasteiger partial charge in [0.25, 0.3) is 11.8 Å². The number of benzene rings is 1. The Hall–Kier alpha value is -2.89. The lowest BCUT2D eigenvalue weighted by molar-refractivity contribution is 0.0948. The Bertz CT molecular complexity index is 699. The Kier molecular flexibility index (Phi) is 6.31. The van der Waals surface area contributed by atoms with Crippen molar-refractivity contribution >= 4 is 17.5 Å². The number of anilines is 1. The van der Waals surface area contributed by atoms with Crippen LogP contribution in [-0.2, 0) is 0 Å². The minimum absolute atomic E-state index is 0.230. The van der Waals surface area contributed by atoms with Crippen molar-refractivity contribution in [3.63, 3.8) is 0 Å². The molecule has 126 valence electrons.